The number of hydrogen-bond acceptors (Lipinski definition) is 0. The Balaban J connectivity index is 2.22. The Morgan fingerprint density at radius 3 is 2.47 bits per heavy atom. The van der Waals surface area contributed by atoms with Crippen LogP contribution in [-0.2, 0) is 6.42 Å². The van der Waals surface area contributed by atoms with Crippen LogP contribution < -0.4 is 0 Å². The van der Waals surface area contributed by atoms with Gasteiger partial charge < -0.3 is 0 Å². The smallest absolute Gasteiger partial charge is 0.00790 e. The molecule has 0 bridgehead atoms. The quantitative estimate of drug-likeness (QED) is 0.602. The minimum Gasteiger partial charge on any atom is -0.0757 e. The first-order valence-electron chi connectivity index (χ1n) is 6.29. The summed E-state index contributed by atoms with van der Waals surface area (Å²) >= 11 is 0. The highest BCUT2D eigenvalue weighted by Gasteiger charge is 2.28. The predicted octanol–water partition coefficient (Wildman–Crippen LogP) is 4.78. The van der Waals surface area contributed by atoms with Crippen LogP contribution in [0.3, 0.4) is 0 Å². The summed E-state index contributed by atoms with van der Waals surface area (Å²) in [6.07, 6.45) is 3.49. The molecule has 0 fully saturated rings. The third kappa shape index (κ3) is 1.59. The van der Waals surface area contributed by atoms with E-state index in [9.17, 15) is 0 Å². The van der Waals surface area contributed by atoms with Crippen molar-refractivity contribution in [2.75, 3.05) is 0 Å². The van der Waals surface area contributed by atoms with E-state index in [1.807, 2.05) is 0 Å². The van der Waals surface area contributed by atoms with Crippen molar-refractivity contribution in [2.45, 2.75) is 27.2 Å². The number of hydrogen-bond donors (Lipinski definition) is 0. The van der Waals surface area contributed by atoms with Gasteiger partial charge in [0.2, 0.25) is 0 Å². The fraction of sp³-hybridized carbons (Fsp3) is 0.294. The van der Waals surface area contributed by atoms with Crippen molar-refractivity contribution in [1.29, 1.82) is 0 Å². The first-order valence-corrected chi connectivity index (χ1v) is 6.29. The molecule has 0 aromatic carbocycles. The van der Waals surface area contributed by atoms with E-state index in [0.717, 1.165) is 6.42 Å². The summed E-state index contributed by atoms with van der Waals surface area (Å²) in [5, 5.41) is 0. The number of fused-ring (bicyclic) bond motifs is 3. The molecule has 0 amide bonds. The number of allylic oxidation sites excluding steroid dienone is 2. The molecule has 17 heavy (non-hydrogen) atoms. The Bertz CT molecular complexity index is 567. The summed E-state index contributed by atoms with van der Waals surface area (Å²) in [5.74, 6) is 0. The van der Waals surface area contributed by atoms with Crippen LogP contribution in [0, 0.1) is 5.41 Å². The lowest BCUT2D eigenvalue weighted by atomic mass is 9.84. The molecule has 3 aliphatic carbocycles. The van der Waals surface area contributed by atoms with Gasteiger partial charge in [-0.1, -0.05) is 57.2 Å². The molecule has 0 aromatic rings. The zero-order valence-electron chi connectivity index (χ0n) is 10.7. The first kappa shape index (κ1) is 10.6. The van der Waals surface area contributed by atoms with Crippen molar-refractivity contribution in [3.63, 3.8) is 0 Å². The third-order valence-corrected chi connectivity index (χ3v) is 3.63. The van der Waals surface area contributed by atoms with Gasteiger partial charge in [-0.15, -0.1) is 0 Å². The van der Waals surface area contributed by atoms with Crippen LogP contribution in [0.25, 0.3) is 16.7 Å². The first-order chi connectivity index (χ1) is 8.07. The normalized spacial score (nSPS) is 14.9. The lowest BCUT2D eigenvalue weighted by molar-refractivity contribution is 0.568. The zero-order valence-corrected chi connectivity index (χ0v) is 10.7. The zero-order chi connectivity index (χ0) is 12.0. The Kier molecular flexibility index (Phi) is 2.16. The van der Waals surface area contributed by atoms with Crippen LogP contribution in [0.1, 0.15) is 31.9 Å². The SMILES string of the molecule is CC(C)(C)C1=CCc2c1cc1cccccc2-1. The van der Waals surface area contributed by atoms with Gasteiger partial charge in [0, 0.05) is 0 Å². The molecule has 0 saturated heterocycles. The Morgan fingerprint density at radius 2 is 1.71 bits per heavy atom. The van der Waals surface area contributed by atoms with Crippen LogP contribution in [0.2, 0.25) is 0 Å². The highest BCUT2D eigenvalue weighted by Crippen LogP contribution is 2.46. The highest BCUT2D eigenvalue weighted by molar-refractivity contribution is 5.87. The molecule has 0 spiro atoms. The van der Waals surface area contributed by atoms with Crippen molar-refractivity contribution in [3.05, 3.63) is 53.6 Å². The van der Waals surface area contributed by atoms with Gasteiger partial charge in [0.25, 0.3) is 0 Å². The van der Waals surface area contributed by atoms with Gasteiger partial charge >= 0.3 is 0 Å². The summed E-state index contributed by atoms with van der Waals surface area (Å²) in [6, 6.07) is 13.2. The van der Waals surface area contributed by atoms with Crippen LogP contribution in [-0.4, -0.2) is 0 Å². The van der Waals surface area contributed by atoms with Crippen molar-refractivity contribution in [2.24, 2.45) is 5.41 Å². The molecule has 86 valence electrons. The van der Waals surface area contributed by atoms with E-state index in [0.29, 0.717) is 0 Å². The molecular weight excluding hydrogens is 204 g/mol. The molecule has 3 rings (SSSR count). The van der Waals surface area contributed by atoms with Gasteiger partial charge in [0.15, 0.2) is 0 Å². The second-order valence-corrected chi connectivity index (χ2v) is 5.89. The Morgan fingerprint density at radius 1 is 0.941 bits per heavy atom. The molecule has 0 aromatic heterocycles. The fourth-order valence-electron chi connectivity index (χ4n) is 2.83. The predicted molar refractivity (Wildman–Crippen MR) is 74.2 cm³/mol. The van der Waals surface area contributed by atoms with Crippen LogP contribution in [0.4, 0.5) is 0 Å². The highest BCUT2D eigenvalue weighted by atomic mass is 14.3. The van der Waals surface area contributed by atoms with Crippen LogP contribution in [0.5, 0.6) is 0 Å². The second-order valence-electron chi connectivity index (χ2n) is 5.89. The van der Waals surface area contributed by atoms with Gasteiger partial charge in [-0.3, -0.25) is 0 Å². The van der Waals surface area contributed by atoms with E-state index >= 15 is 0 Å². The van der Waals surface area contributed by atoms with E-state index < -0.39 is 0 Å². The molecule has 0 N–H and O–H groups in total. The van der Waals surface area contributed by atoms with Gasteiger partial charge in [-0.2, -0.15) is 0 Å². The molecule has 0 unspecified atom stereocenters. The summed E-state index contributed by atoms with van der Waals surface area (Å²) in [6.45, 7) is 6.89. The monoisotopic (exact) mass is 222 g/mol. The van der Waals surface area contributed by atoms with E-state index in [4.69, 9.17) is 0 Å². The molecule has 0 radical (unpaired) electrons. The van der Waals surface area contributed by atoms with Gasteiger partial charge in [0.1, 0.15) is 0 Å². The second kappa shape index (κ2) is 3.46. The summed E-state index contributed by atoms with van der Waals surface area (Å²) in [5.41, 5.74) is 7.53. The van der Waals surface area contributed by atoms with Crippen LogP contribution in [0.15, 0.2) is 42.5 Å². The van der Waals surface area contributed by atoms with Crippen LogP contribution >= 0.6 is 0 Å². The van der Waals surface area contributed by atoms with E-state index in [1.54, 1.807) is 0 Å². The summed E-state index contributed by atoms with van der Waals surface area (Å²) in [7, 11) is 0. The molecule has 0 atom stereocenters. The molecular formula is C17H18. The summed E-state index contributed by atoms with van der Waals surface area (Å²) < 4.78 is 0. The van der Waals surface area contributed by atoms with Crippen molar-refractivity contribution < 1.29 is 0 Å². The van der Waals surface area contributed by atoms with E-state index in [2.05, 4.69) is 63.2 Å². The van der Waals surface area contributed by atoms with Crippen molar-refractivity contribution >= 4 is 5.57 Å². The maximum atomic E-state index is 2.40. The van der Waals surface area contributed by atoms with E-state index in [1.165, 1.54) is 27.8 Å². The van der Waals surface area contributed by atoms with E-state index in [-0.39, 0.29) is 5.41 Å². The molecule has 0 saturated carbocycles. The molecule has 3 aliphatic rings. The molecule has 0 aliphatic heterocycles. The summed E-state index contributed by atoms with van der Waals surface area (Å²) in [4.78, 5) is 0. The minimum atomic E-state index is 0.248. The molecule has 0 heterocycles. The average molecular weight is 222 g/mol. The lowest BCUT2D eigenvalue weighted by Gasteiger charge is -2.20. The fourth-order valence-corrected chi connectivity index (χ4v) is 2.83. The maximum absolute atomic E-state index is 2.40. The van der Waals surface area contributed by atoms with Gasteiger partial charge in [-0.05, 0) is 45.7 Å². The standard InChI is InChI=1S/C17H18/c1-17(2,3)16-10-9-14-13-8-6-4-5-7-12(13)11-15(14)16/h4-8,10-11H,9H2,1-3H3. The largest absolute Gasteiger partial charge is 0.0757 e. The topological polar surface area (TPSA) is 0 Å². The average Bonchev–Trinajstić information content (AvgIpc) is 2.69. The van der Waals surface area contributed by atoms with Crippen molar-refractivity contribution in [3.8, 4) is 11.1 Å². The third-order valence-electron chi connectivity index (χ3n) is 3.63. The maximum Gasteiger partial charge on any atom is -0.00790 e. The molecule has 0 nitrogen and oxygen atoms in total. The van der Waals surface area contributed by atoms with Gasteiger partial charge in [-0.25, -0.2) is 0 Å². The molecule has 0 heteroatoms. The van der Waals surface area contributed by atoms with Gasteiger partial charge in [0.05, 0.1) is 0 Å². The minimum absolute atomic E-state index is 0.248. The van der Waals surface area contributed by atoms with Crippen molar-refractivity contribution in [1.82, 2.24) is 0 Å². The Labute approximate surface area is 103 Å². The lowest BCUT2D eigenvalue weighted by Crippen LogP contribution is -2.06. The number of rotatable bonds is 0. The Hall–Kier alpha value is -1.56.